The summed E-state index contributed by atoms with van der Waals surface area (Å²) in [6, 6.07) is 0. The van der Waals surface area contributed by atoms with Gasteiger partial charge < -0.3 is 6.15 Å². The van der Waals surface area contributed by atoms with Crippen molar-refractivity contribution < 1.29 is 17.1 Å². The van der Waals surface area contributed by atoms with Crippen molar-refractivity contribution in [2.75, 3.05) is 0 Å². The zero-order chi connectivity index (χ0) is 0. The Bertz CT molecular complexity index is 8.00. The van der Waals surface area contributed by atoms with Crippen LogP contribution in [-0.2, 0) is 17.1 Å². The molecule has 0 rings (SSSR count). The molecule has 1 nitrogen and oxygen atoms in total. The van der Waals surface area contributed by atoms with E-state index in [2.05, 4.69) is 0 Å². The van der Waals surface area contributed by atoms with Crippen molar-refractivity contribution in [3.05, 3.63) is 0 Å². The Hall–Kier alpha value is 1.40. The molecule has 0 aromatic rings. The Labute approximate surface area is 57.8 Å². The predicted molar refractivity (Wildman–Crippen MR) is 20.3 cm³/mol. The quantitative estimate of drug-likeness (QED) is 0.622. The van der Waals surface area contributed by atoms with E-state index in [1.54, 1.807) is 0 Å². The van der Waals surface area contributed by atoms with Gasteiger partial charge in [0.05, 0.1) is 0 Å². The second-order valence-corrected chi connectivity index (χ2v) is 0. The van der Waals surface area contributed by atoms with Crippen LogP contribution in [0, 0.1) is 0 Å². The molecule has 0 fully saturated rings. The zero-order valence-corrected chi connectivity index (χ0v) is 8.37. The summed E-state index contributed by atoms with van der Waals surface area (Å²) in [4.78, 5) is 0. The summed E-state index contributed by atoms with van der Waals surface area (Å²) in [5.74, 6) is 0. The summed E-state index contributed by atoms with van der Waals surface area (Å²) in [5.41, 5.74) is 0. The van der Waals surface area contributed by atoms with Crippen molar-refractivity contribution >= 4 is 27.3 Å². The molecule has 30 valence electrons. The van der Waals surface area contributed by atoms with E-state index in [0.29, 0.717) is 0 Å². The molecule has 2 radical (unpaired) electrons. The average molecular weight is 298 g/mol. The Morgan fingerprint density at radius 1 is 1.00 bits per heavy atom. The van der Waals surface area contributed by atoms with Crippen molar-refractivity contribution in [2.45, 2.75) is 7.43 Å². The minimum absolute atomic E-state index is 0. The second-order valence-electron chi connectivity index (χ2n) is 0. The molecular weight excluding hydrogens is 289 g/mol. The van der Waals surface area contributed by atoms with Gasteiger partial charge in [0.15, 0.2) is 0 Å². The van der Waals surface area contributed by atoms with E-state index in [1.807, 2.05) is 0 Å². The first-order chi connectivity index (χ1) is 0. The molecule has 4 heavy (non-hydrogen) atoms. The van der Waals surface area contributed by atoms with Gasteiger partial charge in [-0.3, -0.25) is 0 Å². The molecule has 0 aliphatic carbocycles. The topological polar surface area (TPSA) is 35.0 Å². The van der Waals surface area contributed by atoms with Crippen LogP contribution in [0.4, 0.5) is 0 Å². The van der Waals surface area contributed by atoms with Crippen LogP contribution in [0.15, 0.2) is 0 Å². The van der Waals surface area contributed by atoms with Gasteiger partial charge >= 0.3 is 27.3 Å². The molecule has 3 N–H and O–H groups in total. The van der Waals surface area contributed by atoms with Crippen LogP contribution in [0.25, 0.3) is 0 Å². The maximum absolute atomic E-state index is 0. The molecule has 0 amide bonds. The van der Waals surface area contributed by atoms with Crippen molar-refractivity contribution in [1.29, 1.82) is 0 Å². The van der Waals surface area contributed by atoms with Gasteiger partial charge in [-0.05, 0) is 0 Å². The van der Waals surface area contributed by atoms with Gasteiger partial charge in [0.25, 0.3) is 0 Å². The first-order valence-corrected chi connectivity index (χ1v) is 0. The van der Waals surface area contributed by atoms with Gasteiger partial charge in [-0.2, -0.15) is 0 Å². The van der Waals surface area contributed by atoms with Gasteiger partial charge in [-0.1, -0.05) is 7.43 Å². The van der Waals surface area contributed by atoms with Crippen LogP contribution in [-0.4, -0.2) is 27.3 Å². The summed E-state index contributed by atoms with van der Waals surface area (Å²) in [5, 5.41) is 0. The molecule has 0 heterocycles. The van der Waals surface area contributed by atoms with Crippen molar-refractivity contribution in [3.63, 3.8) is 0 Å². The molecule has 3 heteroatoms. The zero-order valence-electron chi connectivity index (χ0n) is 1.77. The minimum atomic E-state index is 0. The van der Waals surface area contributed by atoms with E-state index in [1.165, 1.54) is 0 Å². The molecule has 0 saturated heterocycles. The Kier molecular flexibility index (Phi) is 345. The van der Waals surface area contributed by atoms with E-state index in [0.717, 1.165) is 0 Å². The first kappa shape index (κ1) is 53.3. The SMILES string of the molecule is C.N.[Fe].[PbH2]. The van der Waals surface area contributed by atoms with E-state index < -0.39 is 0 Å². The number of rotatable bonds is 0. The van der Waals surface area contributed by atoms with Gasteiger partial charge in [0.2, 0.25) is 0 Å². The predicted octanol–water partition coefficient (Wildman–Crippen LogP) is -0.121. The second kappa shape index (κ2) is 25.9. The van der Waals surface area contributed by atoms with Crippen LogP contribution in [0.2, 0.25) is 0 Å². The van der Waals surface area contributed by atoms with E-state index in [4.69, 9.17) is 0 Å². The third-order valence-electron chi connectivity index (χ3n) is 0. The van der Waals surface area contributed by atoms with E-state index >= 15 is 0 Å². The standard InChI is InChI=1S/CH4.Fe.H3N.Pb.2H/h1H4;;1H3;;;. The summed E-state index contributed by atoms with van der Waals surface area (Å²) in [6.07, 6.45) is 0. The molecule has 0 atom stereocenters. The molecule has 0 aliphatic rings. The molecule has 0 aliphatic heterocycles. The third-order valence-corrected chi connectivity index (χ3v) is 0. The maximum atomic E-state index is 0. The van der Waals surface area contributed by atoms with Gasteiger partial charge in [0.1, 0.15) is 0 Å². The van der Waals surface area contributed by atoms with Gasteiger partial charge in [0, 0.05) is 17.1 Å². The van der Waals surface area contributed by atoms with Crippen molar-refractivity contribution in [1.82, 2.24) is 6.15 Å². The summed E-state index contributed by atoms with van der Waals surface area (Å²) >= 11 is 0. The fraction of sp³-hybridized carbons (Fsp3) is 1.00. The summed E-state index contributed by atoms with van der Waals surface area (Å²) in [6.45, 7) is 0. The third kappa shape index (κ3) is 9.99. The van der Waals surface area contributed by atoms with Crippen molar-refractivity contribution in [2.24, 2.45) is 0 Å². The first-order valence-electron chi connectivity index (χ1n) is 0. The van der Waals surface area contributed by atoms with Gasteiger partial charge in [-0.25, -0.2) is 0 Å². The average Bonchev–Trinajstić information content (AvgIpc) is 0. The van der Waals surface area contributed by atoms with E-state index in [-0.39, 0.29) is 57.9 Å². The molecule has 0 unspecified atom stereocenters. The Morgan fingerprint density at radius 3 is 1.00 bits per heavy atom. The van der Waals surface area contributed by atoms with Gasteiger partial charge in [-0.15, -0.1) is 0 Å². The van der Waals surface area contributed by atoms with Crippen LogP contribution < -0.4 is 6.15 Å². The molecule has 0 spiro atoms. The monoisotopic (exact) mass is 299 g/mol. The van der Waals surface area contributed by atoms with Crippen LogP contribution in [0.1, 0.15) is 7.43 Å². The summed E-state index contributed by atoms with van der Waals surface area (Å²) < 4.78 is 0. The molecular formula is CH9FeNPb. The van der Waals surface area contributed by atoms with Crippen molar-refractivity contribution in [3.8, 4) is 0 Å². The number of hydrogen-bond acceptors (Lipinski definition) is 1. The molecule has 0 aromatic heterocycles. The molecule has 0 saturated carbocycles. The number of hydrogen-bond donors (Lipinski definition) is 1. The Balaban J connectivity index is 0. The Morgan fingerprint density at radius 2 is 1.00 bits per heavy atom. The van der Waals surface area contributed by atoms with Crippen LogP contribution in [0.5, 0.6) is 0 Å². The van der Waals surface area contributed by atoms with Crippen LogP contribution in [0.3, 0.4) is 0 Å². The van der Waals surface area contributed by atoms with E-state index in [9.17, 15) is 0 Å². The molecule has 0 bridgehead atoms. The fourth-order valence-electron chi connectivity index (χ4n) is 0. The fourth-order valence-corrected chi connectivity index (χ4v) is 0. The molecule has 0 aromatic carbocycles. The van der Waals surface area contributed by atoms with Crippen LogP contribution >= 0.6 is 0 Å². The normalized spacial score (nSPS) is 0. The summed E-state index contributed by atoms with van der Waals surface area (Å²) in [7, 11) is 0.